The molecule has 3 N–H and O–H groups in total. The molecule has 2 heterocycles. The van der Waals surface area contributed by atoms with Gasteiger partial charge >= 0.3 is 23.9 Å². The predicted molar refractivity (Wildman–Crippen MR) is 144 cm³/mol. The normalized spacial score (nSPS) is 41.1. The maximum absolute atomic E-state index is 13.9. The Hall–Kier alpha value is -3.32. The highest BCUT2D eigenvalue weighted by Gasteiger charge is 2.89. The molecule has 6 rings (SSSR count). The van der Waals surface area contributed by atoms with E-state index in [0.29, 0.717) is 0 Å². The van der Waals surface area contributed by atoms with Crippen molar-refractivity contribution < 1.29 is 58.2 Å². The molecule has 9 atom stereocenters. The first-order valence-electron chi connectivity index (χ1n) is 14.3. The molecule has 0 aromatic heterocycles. The summed E-state index contributed by atoms with van der Waals surface area (Å²) in [6.07, 6.45) is -5.15. The molecule has 4 fully saturated rings. The van der Waals surface area contributed by atoms with E-state index in [9.17, 15) is 34.5 Å². The highest BCUT2D eigenvalue weighted by Crippen LogP contribution is 2.75. The Bertz CT molecular complexity index is 1430. The molecule has 1 spiro atoms. The first-order chi connectivity index (χ1) is 20.1. The Morgan fingerprint density at radius 3 is 2.28 bits per heavy atom. The number of carbonyl (C=O) groups excluding carboxylic acids is 4. The number of aliphatic hydroxyl groups is 3. The Morgan fingerprint density at radius 1 is 1.05 bits per heavy atom. The number of esters is 4. The minimum Gasteiger partial charge on any atom is -0.462 e. The highest BCUT2D eigenvalue weighted by atomic mass is 16.6. The molecule has 43 heavy (non-hydrogen) atoms. The smallest absolute Gasteiger partial charge is 0.343 e. The quantitative estimate of drug-likeness (QED) is 0.249. The van der Waals surface area contributed by atoms with Crippen molar-refractivity contribution >= 4 is 23.9 Å². The van der Waals surface area contributed by atoms with Crippen molar-refractivity contribution in [2.24, 2.45) is 16.7 Å². The third kappa shape index (κ3) is 3.57. The van der Waals surface area contributed by atoms with E-state index in [-0.39, 0.29) is 36.2 Å². The van der Waals surface area contributed by atoms with Crippen molar-refractivity contribution in [1.82, 2.24) is 0 Å². The highest BCUT2D eigenvalue weighted by molar-refractivity contribution is 5.91. The van der Waals surface area contributed by atoms with Gasteiger partial charge in [-0.05, 0) is 50.5 Å². The SMILES string of the molecule is CC(=O)OC1CC2OCC2(OC(C)=O)C2C(OC(=O)c3ccccc3)C3(C(C)(C)O)CC(O)C(C)=C3C3(O)C(=O)OCC123. The van der Waals surface area contributed by atoms with Crippen LogP contribution < -0.4 is 0 Å². The van der Waals surface area contributed by atoms with Crippen LogP contribution in [0.5, 0.6) is 0 Å². The number of hydrogen-bond acceptors (Lipinski definition) is 12. The number of hydrogen-bond donors (Lipinski definition) is 3. The fraction of sp³-hybridized carbons (Fsp3) is 0.613. The number of aliphatic hydroxyl groups excluding tert-OH is 1. The third-order valence-corrected chi connectivity index (χ3v) is 10.5. The molecule has 12 nitrogen and oxygen atoms in total. The maximum atomic E-state index is 13.9. The number of fused-ring (bicyclic) bond motifs is 4. The van der Waals surface area contributed by atoms with E-state index in [2.05, 4.69) is 0 Å². The Balaban J connectivity index is 1.71. The number of rotatable bonds is 5. The summed E-state index contributed by atoms with van der Waals surface area (Å²) in [6.45, 7) is 6.11. The minimum absolute atomic E-state index is 0.0570. The lowest BCUT2D eigenvalue weighted by Crippen LogP contribution is -2.85. The van der Waals surface area contributed by atoms with Crippen molar-refractivity contribution in [3.05, 3.63) is 47.0 Å². The minimum atomic E-state index is -2.58. The first-order valence-corrected chi connectivity index (χ1v) is 14.3. The maximum Gasteiger partial charge on any atom is 0.343 e. The van der Waals surface area contributed by atoms with Crippen molar-refractivity contribution in [1.29, 1.82) is 0 Å². The van der Waals surface area contributed by atoms with Crippen LogP contribution in [-0.2, 0) is 38.1 Å². The van der Waals surface area contributed by atoms with E-state index in [1.807, 2.05) is 0 Å². The van der Waals surface area contributed by atoms with Gasteiger partial charge in [0.2, 0.25) is 0 Å². The summed E-state index contributed by atoms with van der Waals surface area (Å²) in [7, 11) is 0. The van der Waals surface area contributed by atoms with Crippen LogP contribution in [-0.4, -0.2) is 93.6 Å². The van der Waals surface area contributed by atoms with Crippen LogP contribution in [0.3, 0.4) is 0 Å². The molecule has 12 heteroatoms. The zero-order valence-corrected chi connectivity index (χ0v) is 24.6. The third-order valence-electron chi connectivity index (χ3n) is 10.5. The van der Waals surface area contributed by atoms with E-state index in [4.69, 9.17) is 23.7 Å². The molecular weight excluding hydrogens is 564 g/mol. The molecule has 1 aromatic rings. The van der Waals surface area contributed by atoms with Crippen LogP contribution in [0.2, 0.25) is 0 Å². The van der Waals surface area contributed by atoms with Gasteiger partial charge in [-0.25, -0.2) is 9.59 Å². The summed E-state index contributed by atoms with van der Waals surface area (Å²) < 4.78 is 29.7. The van der Waals surface area contributed by atoms with Crippen LogP contribution in [0.4, 0.5) is 0 Å². The van der Waals surface area contributed by atoms with Gasteiger partial charge in [0.05, 0.1) is 40.6 Å². The molecule has 9 unspecified atom stereocenters. The van der Waals surface area contributed by atoms with Gasteiger partial charge in [-0.2, -0.15) is 0 Å². The number of benzene rings is 1. The van der Waals surface area contributed by atoms with Gasteiger partial charge in [0, 0.05) is 20.3 Å². The Labute approximate surface area is 247 Å². The summed E-state index contributed by atoms with van der Waals surface area (Å²) >= 11 is 0. The molecule has 2 aliphatic heterocycles. The van der Waals surface area contributed by atoms with Gasteiger partial charge in [-0.3, -0.25) is 9.59 Å². The summed E-state index contributed by atoms with van der Waals surface area (Å²) in [6, 6.07) is 8.11. The molecule has 3 aliphatic carbocycles. The van der Waals surface area contributed by atoms with Crippen LogP contribution in [0, 0.1) is 16.7 Å². The molecule has 2 saturated heterocycles. The van der Waals surface area contributed by atoms with E-state index < -0.39 is 88.5 Å². The van der Waals surface area contributed by atoms with Gasteiger partial charge in [0.1, 0.15) is 24.9 Å². The molecule has 0 amide bonds. The van der Waals surface area contributed by atoms with Gasteiger partial charge in [-0.15, -0.1) is 0 Å². The van der Waals surface area contributed by atoms with E-state index >= 15 is 0 Å². The van der Waals surface area contributed by atoms with Gasteiger partial charge in [0.25, 0.3) is 0 Å². The van der Waals surface area contributed by atoms with Crippen molar-refractivity contribution in [3.63, 3.8) is 0 Å². The Morgan fingerprint density at radius 2 is 1.72 bits per heavy atom. The molecule has 0 radical (unpaired) electrons. The van der Waals surface area contributed by atoms with Gasteiger partial charge in [-0.1, -0.05) is 18.2 Å². The average Bonchev–Trinajstić information content (AvgIpc) is 3.35. The summed E-state index contributed by atoms with van der Waals surface area (Å²) in [5.74, 6) is -4.58. The second-order valence-corrected chi connectivity index (χ2v) is 13.0. The van der Waals surface area contributed by atoms with Crippen LogP contribution in [0.25, 0.3) is 0 Å². The van der Waals surface area contributed by atoms with Gasteiger partial charge < -0.3 is 39.0 Å². The summed E-state index contributed by atoms with van der Waals surface area (Å²) in [4.78, 5) is 53.0. The first kappa shape index (κ1) is 29.7. The zero-order chi connectivity index (χ0) is 31.3. The van der Waals surface area contributed by atoms with Crippen molar-refractivity contribution in [2.45, 2.75) is 88.7 Å². The second-order valence-electron chi connectivity index (χ2n) is 13.0. The summed E-state index contributed by atoms with van der Waals surface area (Å²) in [5, 5.41) is 36.3. The van der Waals surface area contributed by atoms with Gasteiger partial charge in [0.15, 0.2) is 11.2 Å². The average molecular weight is 601 g/mol. The lowest BCUT2D eigenvalue weighted by molar-refractivity contribution is -0.369. The second kappa shape index (κ2) is 9.34. The molecular formula is C31H36O12. The van der Waals surface area contributed by atoms with Crippen molar-refractivity contribution in [2.75, 3.05) is 13.2 Å². The van der Waals surface area contributed by atoms with E-state index in [1.54, 1.807) is 30.3 Å². The Kier molecular flexibility index (Phi) is 6.46. The fourth-order valence-electron chi connectivity index (χ4n) is 8.89. The molecule has 2 saturated carbocycles. The monoisotopic (exact) mass is 600 g/mol. The fourth-order valence-corrected chi connectivity index (χ4v) is 8.89. The number of ether oxygens (including phenoxy) is 5. The van der Waals surface area contributed by atoms with E-state index in [0.717, 1.165) is 0 Å². The zero-order valence-electron chi connectivity index (χ0n) is 24.6. The molecule has 232 valence electrons. The lowest BCUT2D eigenvalue weighted by Gasteiger charge is -2.70. The number of cyclic esters (lactones) is 1. The van der Waals surface area contributed by atoms with Crippen molar-refractivity contribution in [3.8, 4) is 0 Å². The van der Waals surface area contributed by atoms with Crippen LogP contribution in [0.1, 0.15) is 57.8 Å². The standard InChI is InChI=1S/C31H36O12/c1-15-19(34)12-28(27(4,5)37)22(15)31(38)26(36)40-13-29(31)20(41-16(2)32)11-21-30(14-39-21,43-17(3)33)23(29)24(28)42-25(35)18-9-7-6-8-10-18/h6-10,19-21,23-24,34,37-38H,11-14H2,1-5H3. The van der Waals surface area contributed by atoms with E-state index in [1.165, 1.54) is 34.6 Å². The largest absolute Gasteiger partial charge is 0.462 e. The molecule has 0 bridgehead atoms. The summed E-state index contributed by atoms with van der Waals surface area (Å²) in [5.41, 5.74) is -9.37. The number of carbonyl (C=O) groups is 4. The lowest BCUT2D eigenvalue weighted by atomic mass is 9.38. The topological polar surface area (TPSA) is 175 Å². The van der Waals surface area contributed by atoms with Crippen LogP contribution in [0.15, 0.2) is 41.5 Å². The van der Waals surface area contributed by atoms with Crippen LogP contribution >= 0.6 is 0 Å². The predicted octanol–water partition coefficient (Wildman–Crippen LogP) is 0.991. The molecule has 5 aliphatic rings. The molecule has 1 aromatic carbocycles.